The van der Waals surface area contributed by atoms with Gasteiger partial charge in [0.1, 0.15) is 5.69 Å². The third-order valence-corrected chi connectivity index (χ3v) is 2.78. The summed E-state index contributed by atoms with van der Waals surface area (Å²) in [5.74, 6) is -1.27. The van der Waals surface area contributed by atoms with Gasteiger partial charge in [-0.3, -0.25) is 0 Å². The number of aromatic nitrogens is 2. The van der Waals surface area contributed by atoms with Crippen LogP contribution in [0.15, 0.2) is 12.1 Å². The molecule has 0 saturated carbocycles. The van der Waals surface area contributed by atoms with Crippen LogP contribution in [0, 0.1) is 18.6 Å². The molecule has 0 saturated heterocycles. The Kier molecular flexibility index (Phi) is 2.82. The predicted molar refractivity (Wildman–Crippen MR) is 59.5 cm³/mol. The number of halogens is 2. The zero-order valence-electron chi connectivity index (χ0n) is 8.71. The molecule has 0 bridgehead atoms. The second kappa shape index (κ2) is 4.13. The lowest BCUT2D eigenvalue weighted by molar-refractivity contribution is 0.505. The first-order valence-corrected chi connectivity index (χ1v) is 5.33. The number of aryl methyl sites for hydroxylation is 1. The lowest BCUT2D eigenvalue weighted by atomic mass is 10.1. The number of benzene rings is 1. The van der Waals surface area contributed by atoms with Crippen molar-refractivity contribution in [3.63, 3.8) is 0 Å². The Morgan fingerprint density at radius 2 is 1.94 bits per heavy atom. The first-order valence-electron chi connectivity index (χ1n) is 4.60. The molecular formula is C10H9F2N3S. The van der Waals surface area contributed by atoms with Crippen LogP contribution in [-0.4, -0.2) is 15.8 Å². The summed E-state index contributed by atoms with van der Waals surface area (Å²) in [6.07, 6.45) is 0. The predicted octanol–water partition coefficient (Wildman–Crippen LogP) is 2.83. The Balaban J connectivity index is 2.61. The highest BCUT2D eigenvalue weighted by Gasteiger charge is 2.17. The van der Waals surface area contributed by atoms with E-state index in [0.29, 0.717) is 11.5 Å². The quantitative estimate of drug-likeness (QED) is 0.878. The van der Waals surface area contributed by atoms with Crippen molar-refractivity contribution in [2.75, 3.05) is 12.4 Å². The molecular weight excluding hydrogens is 232 g/mol. The van der Waals surface area contributed by atoms with Gasteiger partial charge in [-0.2, -0.15) is 8.75 Å². The first kappa shape index (κ1) is 10.9. The van der Waals surface area contributed by atoms with Crippen LogP contribution in [0.3, 0.4) is 0 Å². The molecule has 0 atom stereocenters. The number of nitrogens with one attached hydrogen (secondary N) is 1. The Morgan fingerprint density at radius 3 is 2.62 bits per heavy atom. The second-order valence-corrected chi connectivity index (χ2v) is 3.80. The molecule has 2 rings (SSSR count). The molecule has 0 amide bonds. The summed E-state index contributed by atoms with van der Waals surface area (Å²) in [5, 5.41) is 2.78. The number of hydrogen-bond acceptors (Lipinski definition) is 4. The largest absolute Gasteiger partial charge is 0.370 e. The summed E-state index contributed by atoms with van der Waals surface area (Å²) in [7, 11) is 1.66. The zero-order chi connectivity index (χ0) is 11.7. The van der Waals surface area contributed by atoms with Crippen molar-refractivity contribution >= 4 is 17.5 Å². The van der Waals surface area contributed by atoms with Crippen molar-refractivity contribution in [3.05, 3.63) is 29.3 Å². The Hall–Kier alpha value is -1.56. The highest BCUT2D eigenvalue weighted by atomic mass is 32.1. The summed E-state index contributed by atoms with van der Waals surface area (Å²) < 4.78 is 34.9. The fourth-order valence-electron chi connectivity index (χ4n) is 1.36. The third kappa shape index (κ3) is 1.65. The molecule has 0 fully saturated rings. The van der Waals surface area contributed by atoms with Crippen molar-refractivity contribution in [1.29, 1.82) is 0 Å². The molecule has 1 N–H and O–H groups in total. The van der Waals surface area contributed by atoms with Gasteiger partial charge in [-0.15, -0.1) is 0 Å². The van der Waals surface area contributed by atoms with Gasteiger partial charge in [-0.1, -0.05) is 6.07 Å². The monoisotopic (exact) mass is 241 g/mol. The summed E-state index contributed by atoms with van der Waals surface area (Å²) in [6, 6.07) is 3.03. The normalized spacial score (nSPS) is 10.5. The van der Waals surface area contributed by atoms with E-state index in [4.69, 9.17) is 0 Å². The van der Waals surface area contributed by atoms with E-state index in [1.54, 1.807) is 7.05 Å². The average molecular weight is 241 g/mol. The highest BCUT2D eigenvalue weighted by molar-refractivity contribution is 6.99. The maximum atomic E-state index is 13.7. The minimum absolute atomic E-state index is 0.126. The van der Waals surface area contributed by atoms with Gasteiger partial charge >= 0.3 is 0 Å². The van der Waals surface area contributed by atoms with Crippen molar-refractivity contribution in [1.82, 2.24) is 8.75 Å². The minimum Gasteiger partial charge on any atom is -0.370 e. The maximum absolute atomic E-state index is 13.7. The topological polar surface area (TPSA) is 37.8 Å². The molecule has 2 aromatic rings. The lowest BCUT2D eigenvalue weighted by Crippen LogP contribution is -1.96. The summed E-state index contributed by atoms with van der Waals surface area (Å²) in [5.41, 5.74) is 0.737. The van der Waals surface area contributed by atoms with Crippen molar-refractivity contribution < 1.29 is 8.78 Å². The smallest absolute Gasteiger partial charge is 0.168 e. The van der Waals surface area contributed by atoms with Crippen LogP contribution in [0.4, 0.5) is 14.6 Å². The molecule has 16 heavy (non-hydrogen) atoms. The SMILES string of the molecule is CNc1nsnc1-c1ccc(C)c(F)c1F. The Labute approximate surface area is 95.5 Å². The van der Waals surface area contributed by atoms with E-state index in [1.807, 2.05) is 0 Å². The highest BCUT2D eigenvalue weighted by Crippen LogP contribution is 2.29. The average Bonchev–Trinajstić information content (AvgIpc) is 2.74. The third-order valence-electron chi connectivity index (χ3n) is 2.26. The van der Waals surface area contributed by atoms with Gasteiger partial charge < -0.3 is 5.32 Å². The van der Waals surface area contributed by atoms with Crippen LogP contribution in [-0.2, 0) is 0 Å². The van der Waals surface area contributed by atoms with E-state index in [1.165, 1.54) is 19.1 Å². The second-order valence-electron chi connectivity index (χ2n) is 3.27. The van der Waals surface area contributed by atoms with Crippen LogP contribution in [0.5, 0.6) is 0 Å². The van der Waals surface area contributed by atoms with Crippen LogP contribution in [0.25, 0.3) is 11.3 Å². The van der Waals surface area contributed by atoms with Crippen LogP contribution in [0.2, 0.25) is 0 Å². The van der Waals surface area contributed by atoms with Gasteiger partial charge in [0.25, 0.3) is 0 Å². The van der Waals surface area contributed by atoms with Crippen LogP contribution in [0.1, 0.15) is 5.56 Å². The number of anilines is 1. The molecule has 0 aliphatic heterocycles. The molecule has 1 aromatic heterocycles. The summed E-state index contributed by atoms with van der Waals surface area (Å²) in [6.45, 7) is 1.51. The van der Waals surface area contributed by atoms with Crippen molar-refractivity contribution in [2.24, 2.45) is 0 Å². The van der Waals surface area contributed by atoms with Gasteiger partial charge in [-0.05, 0) is 18.6 Å². The van der Waals surface area contributed by atoms with Gasteiger partial charge in [0.05, 0.1) is 11.7 Å². The molecule has 3 nitrogen and oxygen atoms in total. The van der Waals surface area contributed by atoms with E-state index in [2.05, 4.69) is 14.1 Å². The Bertz CT molecular complexity index is 525. The fraction of sp³-hybridized carbons (Fsp3) is 0.200. The number of rotatable bonds is 2. The van der Waals surface area contributed by atoms with Gasteiger partial charge in [-0.25, -0.2) is 8.78 Å². The molecule has 1 heterocycles. The van der Waals surface area contributed by atoms with Crippen molar-refractivity contribution in [2.45, 2.75) is 6.92 Å². The molecule has 1 aromatic carbocycles. The summed E-state index contributed by atoms with van der Waals surface area (Å²) >= 11 is 0.953. The van der Waals surface area contributed by atoms with Crippen LogP contribution < -0.4 is 5.32 Å². The van der Waals surface area contributed by atoms with Gasteiger partial charge in [0.15, 0.2) is 17.5 Å². The van der Waals surface area contributed by atoms with E-state index >= 15 is 0 Å². The minimum atomic E-state index is -0.885. The molecule has 0 aliphatic rings. The van der Waals surface area contributed by atoms with Gasteiger partial charge in [0.2, 0.25) is 0 Å². The molecule has 0 spiro atoms. The maximum Gasteiger partial charge on any atom is 0.168 e. The number of nitrogens with zero attached hydrogens (tertiary/aromatic N) is 2. The lowest BCUT2D eigenvalue weighted by Gasteiger charge is -2.04. The molecule has 0 aliphatic carbocycles. The van der Waals surface area contributed by atoms with E-state index < -0.39 is 11.6 Å². The number of hydrogen-bond donors (Lipinski definition) is 1. The van der Waals surface area contributed by atoms with Crippen molar-refractivity contribution in [3.8, 4) is 11.3 Å². The zero-order valence-corrected chi connectivity index (χ0v) is 9.53. The standard InChI is InChI=1S/C10H9F2N3S/c1-5-3-4-6(8(12)7(5)11)9-10(13-2)15-16-14-9/h3-4H,1-2H3,(H,13,15). The fourth-order valence-corrected chi connectivity index (χ4v) is 1.92. The first-order chi connectivity index (χ1) is 7.65. The molecule has 0 unspecified atom stereocenters. The molecule has 6 heteroatoms. The van der Waals surface area contributed by atoms with E-state index in [9.17, 15) is 8.78 Å². The molecule has 0 radical (unpaired) electrons. The Morgan fingerprint density at radius 1 is 1.19 bits per heavy atom. The van der Waals surface area contributed by atoms with E-state index in [0.717, 1.165) is 11.7 Å². The molecule has 84 valence electrons. The summed E-state index contributed by atoms with van der Waals surface area (Å²) in [4.78, 5) is 0. The van der Waals surface area contributed by atoms with Gasteiger partial charge in [0, 0.05) is 12.6 Å². The van der Waals surface area contributed by atoms with Crippen LogP contribution >= 0.6 is 11.7 Å². The van der Waals surface area contributed by atoms with E-state index in [-0.39, 0.29) is 11.1 Å².